The van der Waals surface area contributed by atoms with Gasteiger partial charge in [-0.15, -0.1) is 24.8 Å². The van der Waals surface area contributed by atoms with Crippen molar-refractivity contribution < 1.29 is 14.3 Å². The lowest BCUT2D eigenvalue weighted by Gasteiger charge is -2.32. The van der Waals surface area contributed by atoms with E-state index in [2.05, 4.69) is 4.90 Å². The van der Waals surface area contributed by atoms with Gasteiger partial charge in [-0.05, 0) is 19.3 Å². The molecule has 0 spiro atoms. The molecule has 2 N–H and O–H groups in total. The summed E-state index contributed by atoms with van der Waals surface area (Å²) in [5.74, 6) is 0.164. The van der Waals surface area contributed by atoms with Gasteiger partial charge < -0.3 is 20.1 Å². The zero-order valence-electron chi connectivity index (χ0n) is 12.8. The molecule has 0 aliphatic carbocycles. The second kappa shape index (κ2) is 9.25. The number of carbonyl (C=O) groups is 1. The molecule has 3 atom stereocenters. The standard InChI is InChI=1S/C14H25N3O3.2ClH/c15-9-12-1-2-13(20-12)14(18)17-4-3-11(10-17)16-5-7-19-8-6-16;;/h11-13H,1-10,15H2;2*1H/t11?,12-,13+;;/m1../s1. The van der Waals surface area contributed by atoms with Crippen LogP contribution in [0.5, 0.6) is 0 Å². The summed E-state index contributed by atoms with van der Waals surface area (Å²) in [6, 6.07) is 0.495. The molecule has 22 heavy (non-hydrogen) atoms. The molecule has 0 aromatic carbocycles. The maximum Gasteiger partial charge on any atom is 0.251 e. The molecule has 0 saturated carbocycles. The maximum absolute atomic E-state index is 12.5. The Morgan fingerprint density at radius 2 is 1.82 bits per heavy atom. The van der Waals surface area contributed by atoms with Crippen LogP contribution in [0.25, 0.3) is 0 Å². The second-order valence-corrected chi connectivity index (χ2v) is 5.93. The van der Waals surface area contributed by atoms with Crippen molar-refractivity contribution in [2.24, 2.45) is 5.73 Å². The molecule has 3 rings (SSSR count). The van der Waals surface area contributed by atoms with Crippen molar-refractivity contribution in [3.8, 4) is 0 Å². The topological polar surface area (TPSA) is 68.0 Å². The first-order valence-corrected chi connectivity index (χ1v) is 7.74. The third kappa shape index (κ3) is 4.46. The van der Waals surface area contributed by atoms with Crippen molar-refractivity contribution >= 4 is 30.7 Å². The summed E-state index contributed by atoms with van der Waals surface area (Å²) in [5.41, 5.74) is 5.60. The Kier molecular flexibility index (Phi) is 8.38. The first kappa shape index (κ1) is 19.9. The Bertz CT molecular complexity index is 356. The largest absolute Gasteiger partial charge is 0.379 e. The highest BCUT2D eigenvalue weighted by Crippen LogP contribution is 2.24. The number of halogens is 2. The Balaban J connectivity index is 0.00000121. The van der Waals surface area contributed by atoms with E-state index >= 15 is 0 Å². The summed E-state index contributed by atoms with van der Waals surface area (Å²) in [6.45, 7) is 5.81. The normalized spacial score (nSPS) is 32.4. The molecule has 6 nitrogen and oxygen atoms in total. The van der Waals surface area contributed by atoms with Gasteiger partial charge in [0.2, 0.25) is 0 Å². The van der Waals surface area contributed by atoms with Gasteiger partial charge in [-0.2, -0.15) is 0 Å². The number of rotatable bonds is 3. The highest BCUT2D eigenvalue weighted by atomic mass is 35.5. The molecule has 130 valence electrons. The fourth-order valence-corrected chi connectivity index (χ4v) is 3.45. The molecular weight excluding hydrogens is 329 g/mol. The van der Waals surface area contributed by atoms with E-state index in [9.17, 15) is 4.79 Å². The molecule has 1 amide bonds. The number of amides is 1. The van der Waals surface area contributed by atoms with Gasteiger partial charge in [-0.25, -0.2) is 0 Å². The van der Waals surface area contributed by atoms with Crippen LogP contribution in [0.3, 0.4) is 0 Å². The SMILES string of the molecule is Cl.Cl.NC[C@H]1CC[C@@H](C(=O)N2CCC(N3CCOCC3)C2)O1. The van der Waals surface area contributed by atoms with E-state index in [4.69, 9.17) is 15.2 Å². The number of hydrogen-bond acceptors (Lipinski definition) is 5. The van der Waals surface area contributed by atoms with Gasteiger partial charge >= 0.3 is 0 Å². The predicted octanol–water partition coefficient (Wildman–Crippen LogP) is 0.269. The highest BCUT2D eigenvalue weighted by molar-refractivity contribution is 5.85. The molecule has 3 aliphatic rings. The van der Waals surface area contributed by atoms with E-state index in [0.717, 1.165) is 58.7 Å². The summed E-state index contributed by atoms with van der Waals surface area (Å²) >= 11 is 0. The van der Waals surface area contributed by atoms with Crippen LogP contribution >= 0.6 is 24.8 Å². The number of ether oxygens (including phenoxy) is 2. The smallest absolute Gasteiger partial charge is 0.251 e. The van der Waals surface area contributed by atoms with Crippen LogP contribution < -0.4 is 5.73 Å². The lowest BCUT2D eigenvalue weighted by molar-refractivity contribution is -0.141. The number of hydrogen-bond donors (Lipinski definition) is 1. The summed E-state index contributed by atoms with van der Waals surface area (Å²) in [4.78, 5) is 16.9. The molecular formula is C14H27Cl2N3O3. The number of morpholine rings is 1. The highest BCUT2D eigenvalue weighted by Gasteiger charge is 2.37. The van der Waals surface area contributed by atoms with Gasteiger partial charge in [0.25, 0.3) is 5.91 Å². The second-order valence-electron chi connectivity index (χ2n) is 5.93. The lowest BCUT2D eigenvalue weighted by atomic mass is 10.2. The first-order chi connectivity index (χ1) is 9.78. The minimum Gasteiger partial charge on any atom is -0.379 e. The van der Waals surface area contributed by atoms with Gasteiger partial charge in [0.1, 0.15) is 6.10 Å². The van der Waals surface area contributed by atoms with Crippen molar-refractivity contribution in [1.82, 2.24) is 9.80 Å². The average Bonchev–Trinajstić information content (AvgIpc) is 3.17. The molecule has 8 heteroatoms. The van der Waals surface area contributed by atoms with Gasteiger partial charge in [-0.1, -0.05) is 0 Å². The molecule has 3 fully saturated rings. The predicted molar refractivity (Wildman–Crippen MR) is 88.8 cm³/mol. The van der Waals surface area contributed by atoms with Crippen molar-refractivity contribution in [1.29, 1.82) is 0 Å². The van der Waals surface area contributed by atoms with Gasteiger partial charge in [0.15, 0.2) is 0 Å². The average molecular weight is 356 g/mol. The zero-order chi connectivity index (χ0) is 13.9. The summed E-state index contributed by atoms with van der Waals surface area (Å²) in [6.07, 6.45) is 2.61. The maximum atomic E-state index is 12.5. The van der Waals surface area contributed by atoms with Crippen LogP contribution in [0, 0.1) is 0 Å². The lowest BCUT2D eigenvalue weighted by Crippen LogP contribution is -2.46. The van der Waals surface area contributed by atoms with Gasteiger partial charge in [0.05, 0.1) is 19.3 Å². The summed E-state index contributed by atoms with van der Waals surface area (Å²) in [5, 5.41) is 0. The van der Waals surface area contributed by atoms with Crippen LogP contribution in [0.15, 0.2) is 0 Å². The van der Waals surface area contributed by atoms with E-state index in [0.29, 0.717) is 12.6 Å². The molecule has 0 bridgehead atoms. The Labute approximate surface area is 144 Å². The van der Waals surface area contributed by atoms with Crippen LogP contribution in [0.2, 0.25) is 0 Å². The molecule has 1 unspecified atom stereocenters. The number of nitrogens with two attached hydrogens (primary N) is 1. The van der Waals surface area contributed by atoms with E-state index in [1.54, 1.807) is 0 Å². The van der Waals surface area contributed by atoms with E-state index < -0.39 is 0 Å². The van der Waals surface area contributed by atoms with Gasteiger partial charge in [-0.3, -0.25) is 9.69 Å². The van der Waals surface area contributed by atoms with Crippen LogP contribution in [-0.2, 0) is 14.3 Å². The fraction of sp³-hybridized carbons (Fsp3) is 0.929. The van der Waals surface area contributed by atoms with E-state index in [-0.39, 0.29) is 42.9 Å². The van der Waals surface area contributed by atoms with Crippen molar-refractivity contribution in [3.05, 3.63) is 0 Å². The third-order valence-electron chi connectivity index (χ3n) is 4.68. The molecule has 0 radical (unpaired) electrons. The number of nitrogens with zero attached hydrogens (tertiary/aromatic N) is 2. The molecule has 0 aromatic heterocycles. The van der Waals surface area contributed by atoms with E-state index in [1.165, 1.54) is 0 Å². The van der Waals surface area contributed by atoms with Crippen LogP contribution in [0.1, 0.15) is 19.3 Å². The van der Waals surface area contributed by atoms with Crippen LogP contribution in [-0.4, -0.2) is 79.9 Å². The van der Waals surface area contributed by atoms with Crippen molar-refractivity contribution in [2.75, 3.05) is 45.9 Å². The quantitative estimate of drug-likeness (QED) is 0.786. The van der Waals surface area contributed by atoms with E-state index in [1.807, 2.05) is 4.90 Å². The zero-order valence-corrected chi connectivity index (χ0v) is 14.4. The Morgan fingerprint density at radius 1 is 1.09 bits per heavy atom. The molecule has 3 saturated heterocycles. The van der Waals surface area contributed by atoms with Gasteiger partial charge in [0, 0.05) is 38.8 Å². The monoisotopic (exact) mass is 355 g/mol. The third-order valence-corrected chi connectivity index (χ3v) is 4.68. The Hall–Kier alpha value is -0.110. The number of carbonyl (C=O) groups excluding carboxylic acids is 1. The number of likely N-dealkylation sites (tertiary alicyclic amines) is 1. The minimum atomic E-state index is -0.257. The summed E-state index contributed by atoms with van der Waals surface area (Å²) < 4.78 is 11.1. The summed E-state index contributed by atoms with van der Waals surface area (Å²) in [7, 11) is 0. The fourth-order valence-electron chi connectivity index (χ4n) is 3.45. The molecule has 3 heterocycles. The van der Waals surface area contributed by atoms with Crippen molar-refractivity contribution in [2.45, 2.75) is 37.5 Å². The molecule has 0 aromatic rings. The molecule has 3 aliphatic heterocycles. The first-order valence-electron chi connectivity index (χ1n) is 7.74. The minimum absolute atomic E-state index is 0. The Morgan fingerprint density at radius 3 is 2.45 bits per heavy atom. The van der Waals surface area contributed by atoms with Crippen LogP contribution in [0.4, 0.5) is 0 Å². The van der Waals surface area contributed by atoms with Crippen molar-refractivity contribution in [3.63, 3.8) is 0 Å².